The zero-order valence-corrected chi connectivity index (χ0v) is 12.5. The second-order valence-corrected chi connectivity index (χ2v) is 5.01. The number of rotatable bonds is 8. The first-order valence-corrected chi connectivity index (χ1v) is 7.22. The molecule has 1 unspecified atom stereocenters. The van der Waals surface area contributed by atoms with Crippen molar-refractivity contribution in [3.63, 3.8) is 0 Å². The molecule has 1 aromatic carbocycles. The van der Waals surface area contributed by atoms with Crippen LogP contribution in [0.2, 0.25) is 0 Å². The predicted molar refractivity (Wildman–Crippen MR) is 78.3 cm³/mol. The molecule has 1 N–H and O–H groups in total. The summed E-state index contributed by atoms with van der Waals surface area (Å²) in [5.74, 6) is -1.14. The van der Waals surface area contributed by atoms with Crippen LogP contribution in [0, 0.1) is 5.82 Å². The molecule has 4 nitrogen and oxygen atoms in total. The zero-order valence-electron chi connectivity index (χ0n) is 12.5. The first-order chi connectivity index (χ1) is 9.95. The lowest BCUT2D eigenvalue weighted by molar-refractivity contribution is -0.138. The number of carbonyl (C=O) groups is 2. The van der Waals surface area contributed by atoms with E-state index < -0.39 is 5.97 Å². The molecule has 21 heavy (non-hydrogen) atoms. The molecule has 5 heteroatoms. The van der Waals surface area contributed by atoms with E-state index in [1.54, 1.807) is 17.0 Å². The lowest BCUT2D eigenvalue weighted by Gasteiger charge is -2.28. The van der Waals surface area contributed by atoms with Crippen LogP contribution in [-0.2, 0) is 9.59 Å². The van der Waals surface area contributed by atoms with Crippen molar-refractivity contribution in [1.82, 2.24) is 4.90 Å². The number of carboxylic acids is 1. The van der Waals surface area contributed by atoms with E-state index in [9.17, 15) is 14.0 Å². The number of hydrogen-bond donors (Lipinski definition) is 1. The summed E-state index contributed by atoms with van der Waals surface area (Å²) in [5, 5.41) is 8.57. The molecular formula is C16H22FNO3. The quantitative estimate of drug-likeness (QED) is 0.748. The van der Waals surface area contributed by atoms with Crippen molar-refractivity contribution in [2.45, 2.75) is 45.6 Å². The van der Waals surface area contributed by atoms with Crippen molar-refractivity contribution in [2.24, 2.45) is 0 Å². The highest BCUT2D eigenvalue weighted by Gasteiger charge is 2.19. The van der Waals surface area contributed by atoms with E-state index in [4.69, 9.17) is 5.11 Å². The molecule has 1 atom stereocenters. The Morgan fingerprint density at radius 1 is 1.19 bits per heavy atom. The summed E-state index contributed by atoms with van der Waals surface area (Å²) in [6.07, 6.45) is 1.50. The van der Waals surface area contributed by atoms with Gasteiger partial charge in [-0.15, -0.1) is 0 Å². The number of carbonyl (C=O) groups excluding carboxylic acids is 1. The SMILES string of the molecule is CCN(C(=O)CCCCC(=O)O)C(C)c1ccc(F)cc1. The number of amides is 1. The Morgan fingerprint density at radius 2 is 1.76 bits per heavy atom. The molecule has 0 radical (unpaired) electrons. The summed E-state index contributed by atoms with van der Waals surface area (Å²) in [4.78, 5) is 24.4. The van der Waals surface area contributed by atoms with Crippen LogP contribution in [0.25, 0.3) is 0 Å². The second kappa shape index (κ2) is 8.39. The van der Waals surface area contributed by atoms with E-state index >= 15 is 0 Å². The Kier molecular flexibility index (Phi) is 6.85. The highest BCUT2D eigenvalue weighted by molar-refractivity contribution is 5.76. The third kappa shape index (κ3) is 5.53. The van der Waals surface area contributed by atoms with Crippen LogP contribution in [0.15, 0.2) is 24.3 Å². The summed E-state index contributed by atoms with van der Waals surface area (Å²) in [7, 11) is 0. The summed E-state index contributed by atoms with van der Waals surface area (Å²) in [6, 6.07) is 6.01. The van der Waals surface area contributed by atoms with E-state index in [0.29, 0.717) is 25.8 Å². The van der Waals surface area contributed by atoms with E-state index in [1.807, 2.05) is 13.8 Å². The van der Waals surface area contributed by atoms with Gasteiger partial charge in [-0.1, -0.05) is 12.1 Å². The molecule has 0 fully saturated rings. The fourth-order valence-corrected chi connectivity index (χ4v) is 2.28. The number of nitrogens with zero attached hydrogens (tertiary/aromatic N) is 1. The van der Waals surface area contributed by atoms with Crippen LogP contribution in [0.1, 0.15) is 51.1 Å². The van der Waals surface area contributed by atoms with Gasteiger partial charge in [0.05, 0.1) is 6.04 Å². The molecule has 0 aliphatic rings. The minimum absolute atomic E-state index is 0.000265. The van der Waals surface area contributed by atoms with Gasteiger partial charge in [-0.2, -0.15) is 0 Å². The predicted octanol–water partition coefficient (Wildman–Crippen LogP) is 3.38. The van der Waals surface area contributed by atoms with Gasteiger partial charge in [0.25, 0.3) is 0 Å². The molecule has 0 heterocycles. The zero-order chi connectivity index (χ0) is 15.8. The van der Waals surface area contributed by atoms with Gasteiger partial charge in [0.2, 0.25) is 5.91 Å². The smallest absolute Gasteiger partial charge is 0.303 e. The molecule has 0 spiro atoms. The lowest BCUT2D eigenvalue weighted by Crippen LogP contribution is -2.33. The molecule has 0 saturated heterocycles. The van der Waals surface area contributed by atoms with Crippen molar-refractivity contribution in [1.29, 1.82) is 0 Å². The molecule has 1 amide bonds. The second-order valence-electron chi connectivity index (χ2n) is 5.01. The molecule has 0 saturated carbocycles. The lowest BCUT2D eigenvalue weighted by atomic mass is 10.1. The van der Waals surface area contributed by atoms with Crippen molar-refractivity contribution in [3.05, 3.63) is 35.6 Å². The van der Waals surface area contributed by atoms with Crippen molar-refractivity contribution in [3.8, 4) is 0 Å². The van der Waals surface area contributed by atoms with E-state index in [-0.39, 0.29) is 24.2 Å². The Bertz CT molecular complexity index is 473. The van der Waals surface area contributed by atoms with Crippen LogP contribution >= 0.6 is 0 Å². The maximum Gasteiger partial charge on any atom is 0.303 e. The molecule has 0 aliphatic heterocycles. The number of halogens is 1. The molecule has 1 aromatic rings. The molecular weight excluding hydrogens is 273 g/mol. The Morgan fingerprint density at radius 3 is 2.29 bits per heavy atom. The first-order valence-electron chi connectivity index (χ1n) is 7.22. The summed E-state index contributed by atoms with van der Waals surface area (Å²) >= 11 is 0. The fraction of sp³-hybridized carbons (Fsp3) is 0.500. The molecule has 116 valence electrons. The molecule has 0 aliphatic carbocycles. The number of aliphatic carboxylic acids is 1. The number of benzene rings is 1. The first kappa shape index (κ1) is 17.1. The molecule has 1 rings (SSSR count). The minimum Gasteiger partial charge on any atom is -0.481 e. The highest BCUT2D eigenvalue weighted by Crippen LogP contribution is 2.21. The Balaban J connectivity index is 2.57. The number of carboxylic acid groups (broad SMARTS) is 1. The van der Waals surface area contributed by atoms with Gasteiger partial charge in [-0.05, 0) is 44.4 Å². The maximum atomic E-state index is 12.9. The van der Waals surface area contributed by atoms with E-state index in [1.165, 1.54) is 12.1 Å². The highest BCUT2D eigenvalue weighted by atomic mass is 19.1. The number of hydrogen-bond acceptors (Lipinski definition) is 2. The van der Waals surface area contributed by atoms with E-state index in [2.05, 4.69) is 0 Å². The normalized spacial score (nSPS) is 12.0. The Labute approximate surface area is 124 Å². The van der Waals surface area contributed by atoms with Gasteiger partial charge < -0.3 is 10.0 Å². The van der Waals surface area contributed by atoms with Gasteiger partial charge >= 0.3 is 5.97 Å². The Hall–Kier alpha value is -1.91. The molecule has 0 bridgehead atoms. The van der Waals surface area contributed by atoms with Crippen molar-refractivity contribution >= 4 is 11.9 Å². The summed E-state index contributed by atoms with van der Waals surface area (Å²) < 4.78 is 12.9. The fourth-order valence-electron chi connectivity index (χ4n) is 2.28. The van der Waals surface area contributed by atoms with Gasteiger partial charge in [0.15, 0.2) is 0 Å². The van der Waals surface area contributed by atoms with Gasteiger partial charge in [-0.25, -0.2) is 4.39 Å². The monoisotopic (exact) mass is 295 g/mol. The third-order valence-electron chi connectivity index (χ3n) is 3.51. The van der Waals surface area contributed by atoms with Gasteiger partial charge in [-0.3, -0.25) is 9.59 Å². The van der Waals surface area contributed by atoms with Gasteiger partial charge in [0, 0.05) is 19.4 Å². The molecule has 0 aromatic heterocycles. The van der Waals surface area contributed by atoms with Crippen LogP contribution < -0.4 is 0 Å². The standard InChI is InChI=1S/C16H22FNO3/c1-3-18(15(19)6-4-5-7-16(20)21)12(2)13-8-10-14(17)11-9-13/h8-12H,3-7H2,1-2H3,(H,20,21). The van der Waals surface area contributed by atoms with Crippen LogP contribution in [-0.4, -0.2) is 28.4 Å². The summed E-state index contributed by atoms with van der Waals surface area (Å²) in [5.41, 5.74) is 0.886. The topological polar surface area (TPSA) is 57.6 Å². The maximum absolute atomic E-state index is 12.9. The largest absolute Gasteiger partial charge is 0.481 e. The van der Waals surface area contributed by atoms with Crippen molar-refractivity contribution in [2.75, 3.05) is 6.54 Å². The number of unbranched alkanes of at least 4 members (excludes halogenated alkanes) is 1. The average molecular weight is 295 g/mol. The van der Waals surface area contributed by atoms with Crippen LogP contribution in [0.4, 0.5) is 4.39 Å². The van der Waals surface area contributed by atoms with Gasteiger partial charge in [0.1, 0.15) is 5.82 Å². The van der Waals surface area contributed by atoms with Crippen LogP contribution in [0.5, 0.6) is 0 Å². The summed E-state index contributed by atoms with van der Waals surface area (Å²) in [6.45, 7) is 4.37. The van der Waals surface area contributed by atoms with E-state index in [0.717, 1.165) is 5.56 Å². The minimum atomic E-state index is -0.838. The van der Waals surface area contributed by atoms with Crippen molar-refractivity contribution < 1.29 is 19.1 Å². The van der Waals surface area contributed by atoms with Crippen LogP contribution in [0.3, 0.4) is 0 Å². The third-order valence-corrected chi connectivity index (χ3v) is 3.51. The average Bonchev–Trinajstić information content (AvgIpc) is 2.44.